The molecule has 6 heteroatoms. The van der Waals surface area contributed by atoms with Gasteiger partial charge in [-0.05, 0) is 25.0 Å². The molecule has 6 nitrogen and oxygen atoms in total. The Morgan fingerprint density at radius 3 is 2.33 bits per heavy atom. The molecule has 1 fully saturated rings. The smallest absolute Gasteiger partial charge is 0.324 e. The van der Waals surface area contributed by atoms with Crippen molar-refractivity contribution in [2.45, 2.75) is 25.3 Å². The molecule has 0 bridgehead atoms. The number of carboxylic acid groups (broad SMARTS) is 1. The average molecular weight is 292 g/mol. The van der Waals surface area contributed by atoms with Crippen molar-refractivity contribution in [3.63, 3.8) is 0 Å². The van der Waals surface area contributed by atoms with Gasteiger partial charge in [-0.2, -0.15) is 0 Å². The molecule has 2 rings (SSSR count). The molecule has 0 heterocycles. The summed E-state index contributed by atoms with van der Waals surface area (Å²) in [6, 6.07) is 8.96. The number of carboxylic acids is 1. The van der Waals surface area contributed by atoms with Crippen molar-refractivity contribution in [2.24, 2.45) is 0 Å². The topological polar surface area (TPSA) is 81.1 Å². The van der Waals surface area contributed by atoms with Crippen LogP contribution in [-0.4, -0.2) is 52.9 Å². The number of hydrogen-bond donors (Lipinski definition) is 2. The third-order valence-corrected chi connectivity index (χ3v) is 3.42. The van der Waals surface area contributed by atoms with Crippen molar-refractivity contribution in [2.75, 3.05) is 24.6 Å². The SMILES string of the molecule is O=C(O)CCN(C(=O)N(CCO)C1CC1)c1ccccc1. The van der Waals surface area contributed by atoms with Gasteiger partial charge in [-0.15, -0.1) is 0 Å². The van der Waals surface area contributed by atoms with Crippen LogP contribution in [0.2, 0.25) is 0 Å². The Morgan fingerprint density at radius 1 is 1.14 bits per heavy atom. The number of amides is 2. The van der Waals surface area contributed by atoms with Crippen LogP contribution in [0.25, 0.3) is 0 Å². The number of urea groups is 1. The maximum atomic E-state index is 12.7. The van der Waals surface area contributed by atoms with Crippen LogP contribution in [0.3, 0.4) is 0 Å². The predicted octanol–water partition coefficient (Wildman–Crippen LogP) is 1.54. The number of aliphatic hydroxyl groups excluding tert-OH is 1. The summed E-state index contributed by atoms with van der Waals surface area (Å²) in [6.45, 7) is 0.302. The van der Waals surface area contributed by atoms with Crippen molar-refractivity contribution >= 4 is 17.7 Å². The van der Waals surface area contributed by atoms with Crippen molar-refractivity contribution in [3.05, 3.63) is 30.3 Å². The van der Waals surface area contributed by atoms with Gasteiger partial charge in [0.15, 0.2) is 0 Å². The summed E-state index contributed by atoms with van der Waals surface area (Å²) in [5.41, 5.74) is 0.673. The van der Waals surface area contributed by atoms with Crippen LogP contribution in [-0.2, 0) is 4.79 Å². The zero-order valence-corrected chi connectivity index (χ0v) is 11.8. The van der Waals surface area contributed by atoms with E-state index in [1.165, 1.54) is 4.90 Å². The van der Waals surface area contributed by atoms with E-state index in [1.807, 2.05) is 18.2 Å². The first kappa shape index (κ1) is 15.3. The number of carbonyl (C=O) groups is 2. The normalized spacial score (nSPS) is 13.8. The zero-order chi connectivity index (χ0) is 15.2. The van der Waals surface area contributed by atoms with Crippen LogP contribution in [0.15, 0.2) is 30.3 Å². The highest BCUT2D eigenvalue weighted by atomic mass is 16.4. The number of aliphatic hydroxyl groups is 1. The van der Waals surface area contributed by atoms with Gasteiger partial charge in [0.2, 0.25) is 0 Å². The fraction of sp³-hybridized carbons (Fsp3) is 0.467. The molecule has 1 aliphatic carbocycles. The van der Waals surface area contributed by atoms with Gasteiger partial charge in [0.1, 0.15) is 0 Å². The van der Waals surface area contributed by atoms with Crippen LogP contribution in [0, 0.1) is 0 Å². The molecule has 21 heavy (non-hydrogen) atoms. The van der Waals surface area contributed by atoms with Crippen LogP contribution in [0.5, 0.6) is 0 Å². The molecule has 0 spiro atoms. The summed E-state index contributed by atoms with van der Waals surface area (Å²) in [4.78, 5) is 26.6. The summed E-state index contributed by atoms with van der Waals surface area (Å²) < 4.78 is 0. The number of benzene rings is 1. The van der Waals surface area contributed by atoms with E-state index in [1.54, 1.807) is 17.0 Å². The second kappa shape index (κ2) is 7.08. The Bertz CT molecular complexity index is 488. The standard InChI is InChI=1S/C15H20N2O4/c18-11-10-17(13-6-7-13)15(21)16(9-8-14(19)20)12-4-2-1-3-5-12/h1-5,13,18H,6-11H2,(H,19,20). The number of hydrogen-bond acceptors (Lipinski definition) is 3. The lowest BCUT2D eigenvalue weighted by atomic mass is 10.2. The van der Waals surface area contributed by atoms with Gasteiger partial charge >= 0.3 is 12.0 Å². The van der Waals surface area contributed by atoms with E-state index < -0.39 is 5.97 Å². The molecule has 1 saturated carbocycles. The Balaban J connectivity index is 2.16. The number of anilines is 1. The molecular weight excluding hydrogens is 272 g/mol. The number of nitrogens with zero attached hydrogens (tertiary/aromatic N) is 2. The predicted molar refractivity (Wildman–Crippen MR) is 78.3 cm³/mol. The maximum Gasteiger partial charge on any atom is 0.324 e. The van der Waals surface area contributed by atoms with E-state index in [2.05, 4.69) is 0 Å². The summed E-state index contributed by atoms with van der Waals surface area (Å²) in [5.74, 6) is -0.941. The van der Waals surface area contributed by atoms with Crippen molar-refractivity contribution in [3.8, 4) is 0 Å². The molecule has 2 N–H and O–H groups in total. The number of aliphatic carboxylic acids is 1. The molecular formula is C15H20N2O4. The van der Waals surface area contributed by atoms with Crippen molar-refractivity contribution < 1.29 is 19.8 Å². The van der Waals surface area contributed by atoms with Gasteiger partial charge in [0.05, 0.1) is 13.0 Å². The summed E-state index contributed by atoms with van der Waals surface area (Å²) >= 11 is 0. The first-order valence-corrected chi connectivity index (χ1v) is 7.09. The largest absolute Gasteiger partial charge is 0.481 e. The number of rotatable bonds is 7. The van der Waals surface area contributed by atoms with E-state index in [0.717, 1.165) is 12.8 Å². The second-order valence-electron chi connectivity index (χ2n) is 5.06. The summed E-state index contributed by atoms with van der Waals surface area (Å²) in [6.07, 6.45) is 1.76. The maximum absolute atomic E-state index is 12.7. The van der Waals surface area contributed by atoms with E-state index in [-0.39, 0.29) is 38.2 Å². The molecule has 0 aliphatic heterocycles. The Kier molecular flexibility index (Phi) is 5.16. The lowest BCUT2D eigenvalue weighted by Crippen LogP contribution is -2.46. The molecule has 2 amide bonds. The van der Waals surface area contributed by atoms with Crippen molar-refractivity contribution in [1.82, 2.24) is 4.90 Å². The molecule has 114 valence electrons. The van der Waals surface area contributed by atoms with Gasteiger partial charge in [0, 0.05) is 24.8 Å². The van der Waals surface area contributed by atoms with E-state index in [0.29, 0.717) is 5.69 Å². The van der Waals surface area contributed by atoms with Crippen LogP contribution in [0.1, 0.15) is 19.3 Å². The molecule has 1 aromatic carbocycles. The quantitative estimate of drug-likeness (QED) is 0.799. The van der Waals surface area contributed by atoms with E-state index in [9.17, 15) is 9.59 Å². The van der Waals surface area contributed by atoms with E-state index in [4.69, 9.17) is 10.2 Å². The number of carbonyl (C=O) groups excluding carboxylic acids is 1. The number of para-hydroxylation sites is 1. The van der Waals surface area contributed by atoms with E-state index >= 15 is 0 Å². The molecule has 1 aromatic rings. The van der Waals surface area contributed by atoms with Gasteiger partial charge < -0.3 is 15.1 Å². The third-order valence-electron chi connectivity index (χ3n) is 3.42. The minimum Gasteiger partial charge on any atom is -0.481 e. The highest BCUT2D eigenvalue weighted by Gasteiger charge is 2.34. The Hall–Kier alpha value is -2.08. The highest BCUT2D eigenvalue weighted by Crippen LogP contribution is 2.28. The zero-order valence-electron chi connectivity index (χ0n) is 11.8. The fourth-order valence-electron chi connectivity index (χ4n) is 2.23. The molecule has 0 radical (unpaired) electrons. The van der Waals surface area contributed by atoms with Crippen LogP contribution in [0.4, 0.5) is 10.5 Å². The Morgan fingerprint density at radius 2 is 1.81 bits per heavy atom. The summed E-state index contributed by atoms with van der Waals surface area (Å²) in [5, 5.41) is 18.0. The van der Waals surface area contributed by atoms with Gasteiger partial charge in [0.25, 0.3) is 0 Å². The monoisotopic (exact) mass is 292 g/mol. The molecule has 0 unspecified atom stereocenters. The third kappa shape index (κ3) is 4.19. The van der Waals surface area contributed by atoms with Crippen LogP contribution < -0.4 is 4.90 Å². The minimum atomic E-state index is -0.941. The minimum absolute atomic E-state index is 0.0935. The van der Waals surface area contributed by atoms with Gasteiger partial charge in [-0.3, -0.25) is 9.69 Å². The molecule has 1 aliphatic rings. The first-order chi connectivity index (χ1) is 10.1. The first-order valence-electron chi connectivity index (χ1n) is 7.09. The van der Waals surface area contributed by atoms with Gasteiger partial charge in [-0.1, -0.05) is 18.2 Å². The summed E-state index contributed by atoms with van der Waals surface area (Å²) in [7, 11) is 0. The fourth-order valence-corrected chi connectivity index (χ4v) is 2.23. The molecule has 0 atom stereocenters. The van der Waals surface area contributed by atoms with Crippen LogP contribution >= 0.6 is 0 Å². The highest BCUT2D eigenvalue weighted by molar-refractivity contribution is 5.93. The lowest BCUT2D eigenvalue weighted by Gasteiger charge is -2.30. The van der Waals surface area contributed by atoms with Crippen molar-refractivity contribution in [1.29, 1.82) is 0 Å². The van der Waals surface area contributed by atoms with Gasteiger partial charge in [-0.25, -0.2) is 4.79 Å². The average Bonchev–Trinajstić information content (AvgIpc) is 3.30. The lowest BCUT2D eigenvalue weighted by molar-refractivity contribution is -0.136. The Labute approximate surface area is 123 Å². The molecule has 0 aromatic heterocycles. The molecule has 0 saturated heterocycles. The second-order valence-corrected chi connectivity index (χ2v) is 5.06.